The summed E-state index contributed by atoms with van der Waals surface area (Å²) in [6.45, 7) is 1.03. The van der Waals surface area contributed by atoms with E-state index in [1.54, 1.807) is 0 Å². The molecular weight excluding hydrogens is 174 g/mol. The molecule has 0 aromatic rings. The van der Waals surface area contributed by atoms with Gasteiger partial charge in [-0.05, 0) is 12.8 Å². The van der Waals surface area contributed by atoms with Crippen molar-refractivity contribution < 1.29 is 0 Å². The summed E-state index contributed by atoms with van der Waals surface area (Å²) < 4.78 is 2.88. The maximum Gasteiger partial charge on any atom is 0.0147 e. The summed E-state index contributed by atoms with van der Waals surface area (Å²) >= 11 is 6.07. The van der Waals surface area contributed by atoms with E-state index in [0.29, 0.717) is 0 Å². The van der Waals surface area contributed by atoms with Crippen LogP contribution in [0.1, 0.15) is 32.1 Å². The van der Waals surface area contributed by atoms with Crippen LogP contribution in [0, 0.1) is 0 Å². The van der Waals surface area contributed by atoms with Crippen molar-refractivity contribution >= 4 is 24.6 Å². The molecule has 3 heteroatoms. The summed E-state index contributed by atoms with van der Waals surface area (Å²) in [5.74, 6) is 1.22. The third kappa shape index (κ3) is 4.28. The topological polar surface area (TPSA) is 12.0 Å². The molecule has 0 spiro atoms. The lowest BCUT2D eigenvalue weighted by Gasteiger charge is -2.20. The van der Waals surface area contributed by atoms with Crippen molar-refractivity contribution in [3.63, 3.8) is 0 Å². The molecule has 0 aliphatic heterocycles. The first-order valence-electron chi connectivity index (χ1n) is 4.42. The Morgan fingerprint density at radius 1 is 1.27 bits per heavy atom. The fourth-order valence-corrected chi connectivity index (χ4v) is 2.99. The Bertz CT molecular complexity index is 92.1. The number of thioether (sulfide) groups is 1. The van der Waals surface area contributed by atoms with Crippen LogP contribution >= 0.6 is 24.6 Å². The zero-order valence-electron chi connectivity index (χ0n) is 6.88. The molecule has 0 heterocycles. The van der Waals surface area contributed by atoms with Crippen molar-refractivity contribution in [1.82, 2.24) is 4.72 Å². The Morgan fingerprint density at radius 2 is 2.00 bits per heavy atom. The van der Waals surface area contributed by atoms with Crippen LogP contribution < -0.4 is 4.72 Å². The average molecular weight is 191 g/mol. The normalized spacial score (nSPS) is 20.5. The van der Waals surface area contributed by atoms with E-state index in [4.69, 9.17) is 0 Å². The second-order valence-corrected chi connectivity index (χ2v) is 4.76. The van der Waals surface area contributed by atoms with Crippen molar-refractivity contribution in [2.24, 2.45) is 0 Å². The minimum absolute atomic E-state index is 0.949. The van der Waals surface area contributed by atoms with E-state index in [2.05, 4.69) is 29.3 Å². The van der Waals surface area contributed by atoms with Crippen molar-refractivity contribution in [1.29, 1.82) is 0 Å². The second-order valence-electron chi connectivity index (χ2n) is 3.04. The first kappa shape index (κ1) is 9.75. The molecule has 1 saturated carbocycles. The Hall–Kier alpha value is 0.660. The van der Waals surface area contributed by atoms with Gasteiger partial charge < -0.3 is 0 Å². The fraction of sp³-hybridized carbons (Fsp3) is 1.00. The number of rotatable bonds is 4. The van der Waals surface area contributed by atoms with Crippen molar-refractivity contribution in [3.05, 3.63) is 0 Å². The van der Waals surface area contributed by atoms with E-state index in [1.807, 2.05) is 0 Å². The molecule has 1 aliphatic rings. The van der Waals surface area contributed by atoms with Gasteiger partial charge in [0.05, 0.1) is 0 Å². The van der Waals surface area contributed by atoms with Gasteiger partial charge in [-0.15, -0.1) is 0 Å². The van der Waals surface area contributed by atoms with Gasteiger partial charge in [-0.2, -0.15) is 11.8 Å². The van der Waals surface area contributed by atoms with Gasteiger partial charge in [-0.3, -0.25) is 4.72 Å². The molecule has 66 valence electrons. The minimum Gasteiger partial charge on any atom is -0.266 e. The van der Waals surface area contributed by atoms with Crippen molar-refractivity contribution in [2.75, 3.05) is 12.3 Å². The molecule has 1 aliphatic carbocycles. The van der Waals surface area contributed by atoms with Crippen LogP contribution in [0.3, 0.4) is 0 Å². The predicted molar refractivity (Wildman–Crippen MR) is 56.3 cm³/mol. The monoisotopic (exact) mass is 191 g/mol. The Kier molecular flexibility index (Phi) is 5.50. The second kappa shape index (κ2) is 6.21. The van der Waals surface area contributed by atoms with Crippen molar-refractivity contribution in [2.45, 2.75) is 37.4 Å². The SMILES string of the molecule is SNCCSC1CCCCC1. The van der Waals surface area contributed by atoms with Gasteiger partial charge in [0.15, 0.2) is 0 Å². The lowest BCUT2D eigenvalue weighted by atomic mass is 10.0. The van der Waals surface area contributed by atoms with Crippen LogP contribution in [0.5, 0.6) is 0 Å². The lowest BCUT2D eigenvalue weighted by Crippen LogP contribution is -2.12. The zero-order chi connectivity index (χ0) is 7.94. The van der Waals surface area contributed by atoms with Crippen LogP contribution in [0.2, 0.25) is 0 Å². The first-order valence-corrected chi connectivity index (χ1v) is 5.91. The van der Waals surface area contributed by atoms with Crippen LogP contribution in [0.25, 0.3) is 0 Å². The van der Waals surface area contributed by atoms with Crippen LogP contribution in [-0.4, -0.2) is 17.5 Å². The molecule has 0 bridgehead atoms. The van der Waals surface area contributed by atoms with Gasteiger partial charge in [0.1, 0.15) is 0 Å². The highest BCUT2D eigenvalue weighted by atomic mass is 32.2. The molecule has 1 nitrogen and oxygen atoms in total. The molecule has 11 heavy (non-hydrogen) atoms. The van der Waals surface area contributed by atoms with Gasteiger partial charge in [-0.25, -0.2) is 0 Å². The quantitative estimate of drug-likeness (QED) is 0.523. The molecule has 1 N–H and O–H groups in total. The average Bonchev–Trinajstić information content (AvgIpc) is 2.07. The highest BCUT2D eigenvalue weighted by Gasteiger charge is 2.12. The van der Waals surface area contributed by atoms with Gasteiger partial charge >= 0.3 is 0 Å². The maximum atomic E-state index is 3.96. The van der Waals surface area contributed by atoms with Gasteiger partial charge in [0.25, 0.3) is 0 Å². The van der Waals surface area contributed by atoms with E-state index in [-0.39, 0.29) is 0 Å². The summed E-state index contributed by atoms with van der Waals surface area (Å²) in [5, 5.41) is 0.949. The van der Waals surface area contributed by atoms with E-state index < -0.39 is 0 Å². The summed E-state index contributed by atoms with van der Waals surface area (Å²) in [7, 11) is 0. The van der Waals surface area contributed by atoms with Crippen LogP contribution in [0.15, 0.2) is 0 Å². The maximum absolute atomic E-state index is 3.96. The van der Waals surface area contributed by atoms with E-state index in [0.717, 1.165) is 11.8 Å². The predicted octanol–water partition coefficient (Wildman–Crippen LogP) is 2.49. The number of nitrogens with one attached hydrogen (secondary N) is 1. The van der Waals surface area contributed by atoms with E-state index >= 15 is 0 Å². The van der Waals surface area contributed by atoms with E-state index in [9.17, 15) is 0 Å². The largest absolute Gasteiger partial charge is 0.266 e. The van der Waals surface area contributed by atoms with Gasteiger partial charge in [-0.1, -0.05) is 32.1 Å². The molecule has 1 rings (SSSR count). The van der Waals surface area contributed by atoms with E-state index in [1.165, 1.54) is 37.9 Å². The zero-order valence-corrected chi connectivity index (χ0v) is 8.59. The fourth-order valence-electron chi connectivity index (χ4n) is 1.50. The van der Waals surface area contributed by atoms with Crippen LogP contribution in [-0.2, 0) is 0 Å². The Morgan fingerprint density at radius 3 is 2.64 bits per heavy atom. The third-order valence-electron chi connectivity index (χ3n) is 2.12. The van der Waals surface area contributed by atoms with Crippen molar-refractivity contribution in [3.8, 4) is 0 Å². The number of hydrogen-bond donors (Lipinski definition) is 2. The lowest BCUT2D eigenvalue weighted by molar-refractivity contribution is 0.516. The standard InChI is InChI=1S/C8H17NS2/c10-9-6-7-11-8-4-2-1-3-5-8/h8-10H,1-7H2. The first-order chi connectivity index (χ1) is 5.43. The van der Waals surface area contributed by atoms with Gasteiger partial charge in [0.2, 0.25) is 0 Å². The molecule has 0 aromatic heterocycles. The summed E-state index contributed by atoms with van der Waals surface area (Å²) in [6.07, 6.45) is 7.24. The molecule has 0 unspecified atom stereocenters. The smallest absolute Gasteiger partial charge is 0.0147 e. The molecule has 1 fully saturated rings. The molecule has 0 amide bonds. The highest BCUT2D eigenvalue weighted by Crippen LogP contribution is 2.27. The van der Waals surface area contributed by atoms with Crippen LogP contribution in [0.4, 0.5) is 0 Å². The molecular formula is C8H17NS2. The number of thiol groups is 1. The summed E-state index contributed by atoms with van der Waals surface area (Å²) in [4.78, 5) is 0. The molecule has 0 aromatic carbocycles. The third-order valence-corrected chi connectivity index (χ3v) is 3.73. The Balaban J connectivity index is 1.96. The molecule has 0 radical (unpaired) electrons. The van der Waals surface area contributed by atoms with Gasteiger partial charge in [0, 0.05) is 17.5 Å². The minimum atomic E-state index is 0.949. The Labute approximate surface area is 79.3 Å². The summed E-state index contributed by atoms with van der Waals surface area (Å²) in [6, 6.07) is 0. The molecule has 0 atom stereocenters. The summed E-state index contributed by atoms with van der Waals surface area (Å²) in [5.41, 5.74) is 0. The number of hydrogen-bond acceptors (Lipinski definition) is 3. The molecule has 0 saturated heterocycles. The highest BCUT2D eigenvalue weighted by molar-refractivity contribution is 7.99.